The lowest BCUT2D eigenvalue weighted by molar-refractivity contribution is -0.286. The highest BCUT2D eigenvalue weighted by molar-refractivity contribution is 6.30. The van der Waals surface area contributed by atoms with Crippen LogP contribution < -0.4 is 20.1 Å². The zero-order chi connectivity index (χ0) is 19.6. The number of nitrogens with one attached hydrogen (secondary N) is 2. The molecule has 0 radical (unpaired) electrons. The number of carbonyl (C=O) groups excluding carboxylic acids is 1. The third-order valence-corrected chi connectivity index (χ3v) is 5.68. The van der Waals surface area contributed by atoms with E-state index < -0.39 is 17.4 Å². The Morgan fingerprint density at radius 3 is 2.52 bits per heavy atom. The molecule has 3 aliphatic rings. The molecular weight excluding hydrogens is 378 g/mol. The third-order valence-electron chi connectivity index (χ3n) is 5.31. The molecule has 0 aromatic heterocycles. The molecule has 4 rings (SSSR count). The minimum atomic E-state index is -3.68. The molecule has 0 spiro atoms. The van der Waals surface area contributed by atoms with Crippen molar-refractivity contribution in [1.29, 1.82) is 0 Å². The molecule has 0 saturated heterocycles. The van der Waals surface area contributed by atoms with Crippen LogP contribution in [0.5, 0.6) is 11.5 Å². The summed E-state index contributed by atoms with van der Waals surface area (Å²) in [5.41, 5.74) is 0.901. The van der Waals surface area contributed by atoms with Crippen molar-refractivity contribution in [3.05, 3.63) is 46.1 Å². The van der Waals surface area contributed by atoms with Crippen LogP contribution in [0.4, 0.5) is 8.78 Å². The maximum absolute atomic E-state index is 13.2. The van der Waals surface area contributed by atoms with Crippen LogP contribution in [0.15, 0.2) is 40.6 Å². The smallest absolute Gasteiger partial charge is 0.395 e. The van der Waals surface area contributed by atoms with Gasteiger partial charge >= 0.3 is 6.29 Å². The van der Waals surface area contributed by atoms with Crippen molar-refractivity contribution in [2.75, 3.05) is 0 Å². The van der Waals surface area contributed by atoms with E-state index in [4.69, 9.17) is 11.6 Å². The molecule has 1 amide bonds. The van der Waals surface area contributed by atoms with Gasteiger partial charge in [0, 0.05) is 0 Å². The SMILES string of the molecule is CC1=CC(C)(NC(=O)C2(c3ccc4c(c3)OC(F)(F)O4)CC2)NC(Cl)=C1C. The lowest BCUT2D eigenvalue weighted by Gasteiger charge is -2.35. The van der Waals surface area contributed by atoms with Crippen LogP contribution in [0.3, 0.4) is 0 Å². The number of allylic oxidation sites excluding steroid dienone is 2. The predicted octanol–water partition coefficient (Wildman–Crippen LogP) is 3.89. The second-order valence-corrected chi connectivity index (χ2v) is 7.84. The van der Waals surface area contributed by atoms with Crippen molar-refractivity contribution in [2.24, 2.45) is 0 Å². The number of alkyl halides is 2. The molecule has 1 atom stereocenters. The maximum atomic E-state index is 13.2. The molecule has 1 fully saturated rings. The summed E-state index contributed by atoms with van der Waals surface area (Å²) >= 11 is 6.24. The van der Waals surface area contributed by atoms with E-state index in [1.165, 1.54) is 12.1 Å². The fourth-order valence-electron chi connectivity index (χ4n) is 3.51. The number of fused-ring (bicyclic) bond motifs is 1. The van der Waals surface area contributed by atoms with Crippen LogP contribution in [-0.4, -0.2) is 17.9 Å². The Bertz CT molecular complexity index is 908. The summed E-state index contributed by atoms with van der Waals surface area (Å²) in [6.45, 7) is 5.64. The van der Waals surface area contributed by atoms with E-state index >= 15 is 0 Å². The first-order chi connectivity index (χ1) is 12.5. The minimum absolute atomic E-state index is 0.0354. The van der Waals surface area contributed by atoms with Crippen LogP contribution in [0.2, 0.25) is 0 Å². The summed E-state index contributed by atoms with van der Waals surface area (Å²) in [5, 5.41) is 6.58. The fraction of sp³-hybridized carbons (Fsp3) is 0.421. The number of hydrogen-bond acceptors (Lipinski definition) is 4. The summed E-state index contributed by atoms with van der Waals surface area (Å²) < 4.78 is 35.4. The molecule has 2 N–H and O–H groups in total. The lowest BCUT2D eigenvalue weighted by Crippen LogP contribution is -2.58. The molecule has 144 valence electrons. The van der Waals surface area contributed by atoms with Gasteiger partial charge in [0.2, 0.25) is 5.91 Å². The molecule has 1 unspecified atom stereocenters. The van der Waals surface area contributed by atoms with E-state index in [0.717, 1.165) is 11.1 Å². The van der Waals surface area contributed by atoms with Gasteiger partial charge in [-0.05, 0) is 68.5 Å². The van der Waals surface area contributed by atoms with E-state index in [9.17, 15) is 13.6 Å². The van der Waals surface area contributed by atoms with Crippen LogP contribution in [0.1, 0.15) is 39.2 Å². The zero-order valence-corrected chi connectivity index (χ0v) is 15.8. The predicted molar refractivity (Wildman–Crippen MR) is 95.6 cm³/mol. The van der Waals surface area contributed by atoms with Crippen molar-refractivity contribution < 1.29 is 23.0 Å². The molecule has 1 aliphatic carbocycles. The summed E-state index contributed by atoms with van der Waals surface area (Å²) in [7, 11) is 0. The molecule has 5 nitrogen and oxygen atoms in total. The Morgan fingerprint density at radius 2 is 1.89 bits per heavy atom. The van der Waals surface area contributed by atoms with E-state index in [0.29, 0.717) is 23.6 Å². The van der Waals surface area contributed by atoms with Crippen molar-refractivity contribution in [3.63, 3.8) is 0 Å². The first-order valence-corrected chi connectivity index (χ1v) is 8.99. The lowest BCUT2D eigenvalue weighted by atomic mass is 9.92. The van der Waals surface area contributed by atoms with E-state index in [1.807, 2.05) is 26.8 Å². The first-order valence-electron chi connectivity index (χ1n) is 8.61. The fourth-order valence-corrected chi connectivity index (χ4v) is 3.86. The summed E-state index contributed by atoms with van der Waals surface area (Å²) in [5.74, 6) is -0.293. The Morgan fingerprint density at radius 1 is 1.22 bits per heavy atom. The topological polar surface area (TPSA) is 59.6 Å². The van der Waals surface area contributed by atoms with Crippen molar-refractivity contribution in [3.8, 4) is 11.5 Å². The van der Waals surface area contributed by atoms with Gasteiger partial charge < -0.3 is 20.1 Å². The first kappa shape index (κ1) is 18.1. The Balaban J connectivity index is 1.57. The molecule has 1 saturated carbocycles. The molecular formula is C19H19ClF2N2O3. The van der Waals surface area contributed by atoms with Gasteiger partial charge in [0.1, 0.15) is 10.8 Å². The number of amides is 1. The van der Waals surface area contributed by atoms with Gasteiger partial charge in [-0.1, -0.05) is 17.7 Å². The molecule has 1 aromatic rings. The Hall–Kier alpha value is -2.28. The number of hydrogen-bond donors (Lipinski definition) is 2. The van der Waals surface area contributed by atoms with Gasteiger partial charge in [-0.25, -0.2) is 0 Å². The summed E-state index contributed by atoms with van der Waals surface area (Å²) in [6, 6.07) is 4.50. The summed E-state index contributed by atoms with van der Waals surface area (Å²) in [6.07, 6.45) is -0.530. The van der Waals surface area contributed by atoms with Gasteiger partial charge in [-0.2, -0.15) is 0 Å². The molecule has 8 heteroatoms. The number of rotatable bonds is 3. The van der Waals surface area contributed by atoms with Gasteiger partial charge in [-0.15, -0.1) is 8.78 Å². The van der Waals surface area contributed by atoms with Gasteiger partial charge in [0.25, 0.3) is 0 Å². The normalized spacial score (nSPS) is 27.0. The average molecular weight is 397 g/mol. The highest BCUT2D eigenvalue weighted by Crippen LogP contribution is 2.52. The maximum Gasteiger partial charge on any atom is 0.586 e. The van der Waals surface area contributed by atoms with Gasteiger partial charge in [0.15, 0.2) is 11.5 Å². The number of carbonyl (C=O) groups is 1. The number of ether oxygens (including phenoxy) is 2. The second kappa shape index (κ2) is 5.61. The van der Waals surface area contributed by atoms with Crippen molar-refractivity contribution in [2.45, 2.75) is 51.0 Å². The number of benzene rings is 1. The molecule has 1 aromatic carbocycles. The average Bonchev–Trinajstić information content (AvgIpc) is 3.29. The molecule has 2 aliphatic heterocycles. The van der Waals surface area contributed by atoms with E-state index in [-0.39, 0.29) is 17.4 Å². The standard InChI is InChI=1S/C19H19ClF2N2O3/c1-10-9-17(3,23-15(20)11(10)2)24-16(25)18(6-7-18)12-4-5-13-14(8-12)27-19(21,22)26-13/h4-5,8-9,23H,6-7H2,1-3H3,(H,24,25). The van der Waals surface area contributed by atoms with Crippen molar-refractivity contribution in [1.82, 2.24) is 10.6 Å². The second-order valence-electron chi connectivity index (χ2n) is 7.46. The Kier molecular flexibility index (Phi) is 3.76. The molecule has 0 bridgehead atoms. The van der Waals surface area contributed by atoms with E-state index in [1.54, 1.807) is 6.07 Å². The molecule has 2 heterocycles. The van der Waals surface area contributed by atoms with Crippen LogP contribution in [-0.2, 0) is 10.2 Å². The third kappa shape index (κ3) is 3.04. The summed E-state index contributed by atoms with van der Waals surface area (Å²) in [4.78, 5) is 13.1. The number of halogens is 3. The van der Waals surface area contributed by atoms with E-state index in [2.05, 4.69) is 20.1 Å². The highest BCUT2D eigenvalue weighted by Gasteiger charge is 2.54. The number of dihydropyridines is 1. The highest BCUT2D eigenvalue weighted by atomic mass is 35.5. The van der Waals surface area contributed by atoms with Gasteiger partial charge in [0.05, 0.1) is 5.41 Å². The van der Waals surface area contributed by atoms with Crippen molar-refractivity contribution >= 4 is 17.5 Å². The quantitative estimate of drug-likeness (QED) is 0.761. The van der Waals surface area contributed by atoms with Gasteiger partial charge in [-0.3, -0.25) is 4.79 Å². The molecule has 27 heavy (non-hydrogen) atoms. The van der Waals surface area contributed by atoms with Crippen LogP contribution in [0.25, 0.3) is 0 Å². The zero-order valence-electron chi connectivity index (χ0n) is 15.1. The monoisotopic (exact) mass is 396 g/mol. The van der Waals surface area contributed by atoms with Crippen LogP contribution in [0, 0.1) is 0 Å². The largest absolute Gasteiger partial charge is 0.586 e. The minimum Gasteiger partial charge on any atom is -0.395 e. The Labute approximate surface area is 160 Å². The van der Waals surface area contributed by atoms with Crippen LogP contribution >= 0.6 is 11.6 Å².